The number of hydrogen-bond acceptors (Lipinski definition) is 1. The third kappa shape index (κ3) is 5.14. The standard InChI is InChI=1S/C20H33N/c1-16(18-9-7-5-6-8-10-18)21-15-17-11-13-19(14-12-17)20(2,3)4/h11-14,16,18,21H,5-10,15H2,1-4H3/t16-/m0/s1. The first-order chi connectivity index (χ1) is 9.97. The van der Waals surface area contributed by atoms with Crippen molar-refractivity contribution in [2.75, 3.05) is 0 Å². The van der Waals surface area contributed by atoms with E-state index in [4.69, 9.17) is 0 Å². The molecule has 0 spiro atoms. The van der Waals surface area contributed by atoms with Crippen LogP contribution in [0.25, 0.3) is 0 Å². The SMILES string of the molecule is C[C@H](NCc1ccc(C(C)(C)C)cc1)C1CCCCCC1. The molecule has 0 heterocycles. The second kappa shape index (κ2) is 7.45. The van der Waals surface area contributed by atoms with Crippen molar-refractivity contribution in [2.45, 2.75) is 84.2 Å². The van der Waals surface area contributed by atoms with Crippen molar-refractivity contribution in [3.05, 3.63) is 35.4 Å². The zero-order chi connectivity index (χ0) is 15.3. The highest BCUT2D eigenvalue weighted by Crippen LogP contribution is 2.26. The molecular formula is C20H33N. The van der Waals surface area contributed by atoms with E-state index in [0.717, 1.165) is 12.5 Å². The van der Waals surface area contributed by atoms with E-state index in [9.17, 15) is 0 Å². The van der Waals surface area contributed by atoms with E-state index in [0.29, 0.717) is 6.04 Å². The Hall–Kier alpha value is -0.820. The van der Waals surface area contributed by atoms with Gasteiger partial charge in [0.2, 0.25) is 0 Å². The summed E-state index contributed by atoms with van der Waals surface area (Å²) in [5.74, 6) is 0.876. The Bertz CT molecular complexity index is 404. The van der Waals surface area contributed by atoms with Gasteiger partial charge in [-0.05, 0) is 42.2 Å². The lowest BCUT2D eigenvalue weighted by Gasteiger charge is -2.24. The summed E-state index contributed by atoms with van der Waals surface area (Å²) in [6.45, 7) is 10.2. The first-order valence-corrected chi connectivity index (χ1v) is 8.79. The van der Waals surface area contributed by atoms with E-state index in [1.807, 2.05) is 0 Å². The van der Waals surface area contributed by atoms with Crippen LogP contribution >= 0.6 is 0 Å². The third-order valence-corrected chi connectivity index (χ3v) is 5.06. The largest absolute Gasteiger partial charge is 0.310 e. The van der Waals surface area contributed by atoms with Gasteiger partial charge in [0.1, 0.15) is 0 Å². The molecule has 1 aromatic rings. The van der Waals surface area contributed by atoms with Crippen LogP contribution in [0.5, 0.6) is 0 Å². The Balaban J connectivity index is 1.84. The van der Waals surface area contributed by atoms with Gasteiger partial charge >= 0.3 is 0 Å². The van der Waals surface area contributed by atoms with Crippen LogP contribution in [0.2, 0.25) is 0 Å². The van der Waals surface area contributed by atoms with E-state index in [-0.39, 0.29) is 5.41 Å². The molecule has 1 nitrogen and oxygen atoms in total. The lowest BCUT2D eigenvalue weighted by atomic mass is 9.86. The van der Waals surface area contributed by atoms with Gasteiger partial charge in [0, 0.05) is 12.6 Å². The normalized spacial score (nSPS) is 19.2. The van der Waals surface area contributed by atoms with E-state index in [2.05, 4.69) is 57.3 Å². The quantitative estimate of drug-likeness (QED) is 0.728. The van der Waals surface area contributed by atoms with Crippen LogP contribution in [0, 0.1) is 5.92 Å². The molecule has 1 atom stereocenters. The number of nitrogens with one attached hydrogen (secondary N) is 1. The average Bonchev–Trinajstić information content (AvgIpc) is 2.73. The molecule has 1 heteroatoms. The Kier molecular flexibility index (Phi) is 5.87. The fourth-order valence-electron chi connectivity index (χ4n) is 3.38. The summed E-state index contributed by atoms with van der Waals surface area (Å²) >= 11 is 0. The Morgan fingerprint density at radius 2 is 1.57 bits per heavy atom. The van der Waals surface area contributed by atoms with E-state index < -0.39 is 0 Å². The lowest BCUT2D eigenvalue weighted by molar-refractivity contribution is 0.336. The highest BCUT2D eigenvalue weighted by Gasteiger charge is 2.18. The van der Waals surface area contributed by atoms with Gasteiger partial charge < -0.3 is 5.32 Å². The summed E-state index contributed by atoms with van der Waals surface area (Å²) < 4.78 is 0. The van der Waals surface area contributed by atoms with Crippen LogP contribution < -0.4 is 5.32 Å². The Morgan fingerprint density at radius 3 is 2.10 bits per heavy atom. The molecule has 0 radical (unpaired) electrons. The van der Waals surface area contributed by atoms with Gasteiger partial charge in [-0.15, -0.1) is 0 Å². The molecule has 118 valence electrons. The summed E-state index contributed by atoms with van der Waals surface area (Å²) in [7, 11) is 0. The zero-order valence-corrected chi connectivity index (χ0v) is 14.4. The van der Waals surface area contributed by atoms with Crippen LogP contribution in [0.15, 0.2) is 24.3 Å². The summed E-state index contributed by atoms with van der Waals surface area (Å²) in [6.07, 6.45) is 8.57. The van der Waals surface area contributed by atoms with Crippen molar-refractivity contribution in [2.24, 2.45) is 5.92 Å². The molecule has 1 N–H and O–H groups in total. The molecule has 0 amide bonds. The Morgan fingerprint density at radius 1 is 1.00 bits per heavy atom. The van der Waals surface area contributed by atoms with Gasteiger partial charge in [-0.2, -0.15) is 0 Å². The third-order valence-electron chi connectivity index (χ3n) is 5.06. The molecule has 1 aliphatic carbocycles. The van der Waals surface area contributed by atoms with Crippen LogP contribution in [0.3, 0.4) is 0 Å². The van der Waals surface area contributed by atoms with Crippen molar-refractivity contribution in [3.63, 3.8) is 0 Å². The lowest BCUT2D eigenvalue weighted by Crippen LogP contribution is -2.32. The number of hydrogen-bond donors (Lipinski definition) is 1. The molecule has 1 aliphatic rings. The molecule has 21 heavy (non-hydrogen) atoms. The summed E-state index contributed by atoms with van der Waals surface area (Å²) in [4.78, 5) is 0. The maximum absolute atomic E-state index is 3.75. The summed E-state index contributed by atoms with van der Waals surface area (Å²) in [5, 5.41) is 3.75. The topological polar surface area (TPSA) is 12.0 Å². The molecule has 1 aromatic carbocycles. The van der Waals surface area contributed by atoms with Gasteiger partial charge in [-0.1, -0.05) is 70.7 Å². The maximum Gasteiger partial charge on any atom is 0.0208 e. The minimum absolute atomic E-state index is 0.250. The summed E-state index contributed by atoms with van der Waals surface area (Å²) in [6, 6.07) is 9.78. The fraction of sp³-hybridized carbons (Fsp3) is 0.700. The highest BCUT2D eigenvalue weighted by atomic mass is 14.9. The molecule has 0 aliphatic heterocycles. The fourth-order valence-corrected chi connectivity index (χ4v) is 3.38. The maximum atomic E-state index is 3.75. The Labute approximate surface area is 131 Å². The molecule has 0 unspecified atom stereocenters. The number of benzene rings is 1. The van der Waals surface area contributed by atoms with Crippen molar-refractivity contribution in [3.8, 4) is 0 Å². The number of rotatable bonds is 4. The minimum Gasteiger partial charge on any atom is -0.310 e. The molecule has 1 saturated carbocycles. The molecule has 2 rings (SSSR count). The smallest absolute Gasteiger partial charge is 0.0208 e. The van der Waals surface area contributed by atoms with Crippen molar-refractivity contribution < 1.29 is 0 Å². The first-order valence-electron chi connectivity index (χ1n) is 8.79. The van der Waals surface area contributed by atoms with E-state index in [1.165, 1.54) is 49.7 Å². The van der Waals surface area contributed by atoms with Gasteiger partial charge in [-0.25, -0.2) is 0 Å². The zero-order valence-electron chi connectivity index (χ0n) is 14.4. The molecular weight excluding hydrogens is 254 g/mol. The molecule has 0 aromatic heterocycles. The van der Waals surface area contributed by atoms with E-state index >= 15 is 0 Å². The van der Waals surface area contributed by atoms with Crippen molar-refractivity contribution >= 4 is 0 Å². The molecule has 1 fully saturated rings. The van der Waals surface area contributed by atoms with Crippen LogP contribution in [0.4, 0.5) is 0 Å². The second-order valence-corrected chi connectivity index (χ2v) is 7.87. The molecule has 0 saturated heterocycles. The van der Waals surface area contributed by atoms with Crippen LogP contribution in [-0.4, -0.2) is 6.04 Å². The molecule has 0 bridgehead atoms. The summed E-state index contributed by atoms with van der Waals surface area (Å²) in [5.41, 5.74) is 3.08. The predicted molar refractivity (Wildman–Crippen MR) is 92.6 cm³/mol. The first kappa shape index (κ1) is 16.5. The minimum atomic E-state index is 0.250. The average molecular weight is 287 g/mol. The van der Waals surface area contributed by atoms with E-state index in [1.54, 1.807) is 0 Å². The van der Waals surface area contributed by atoms with Crippen molar-refractivity contribution in [1.82, 2.24) is 5.32 Å². The van der Waals surface area contributed by atoms with Crippen LogP contribution in [-0.2, 0) is 12.0 Å². The monoisotopic (exact) mass is 287 g/mol. The van der Waals surface area contributed by atoms with Gasteiger partial charge in [0.25, 0.3) is 0 Å². The predicted octanol–water partition coefficient (Wildman–Crippen LogP) is 5.43. The van der Waals surface area contributed by atoms with Crippen molar-refractivity contribution in [1.29, 1.82) is 0 Å². The highest BCUT2D eigenvalue weighted by molar-refractivity contribution is 5.27. The second-order valence-electron chi connectivity index (χ2n) is 7.87. The van der Waals surface area contributed by atoms with Gasteiger partial charge in [0.05, 0.1) is 0 Å². The van der Waals surface area contributed by atoms with Gasteiger partial charge in [0.15, 0.2) is 0 Å². The van der Waals surface area contributed by atoms with Crippen LogP contribution in [0.1, 0.15) is 77.3 Å². The van der Waals surface area contributed by atoms with Gasteiger partial charge in [-0.3, -0.25) is 0 Å².